The van der Waals surface area contributed by atoms with E-state index in [9.17, 15) is 44.4 Å². The van der Waals surface area contributed by atoms with Crippen molar-refractivity contribution in [1.82, 2.24) is 25.3 Å². The molecule has 354 valence electrons. The third-order valence-electron chi connectivity index (χ3n) is 12.5. The average Bonchev–Trinajstić information content (AvgIpc) is 3.73. The summed E-state index contributed by atoms with van der Waals surface area (Å²) in [6, 6.07) is 5.15. The number of nitrogens with zero attached hydrogens (tertiary/aromatic N) is 3. The van der Waals surface area contributed by atoms with Gasteiger partial charge in [0.15, 0.2) is 0 Å². The van der Waals surface area contributed by atoms with Crippen LogP contribution in [0.2, 0.25) is 0 Å². The fourth-order valence-electron chi connectivity index (χ4n) is 8.65. The first-order valence-corrected chi connectivity index (χ1v) is 22.0. The van der Waals surface area contributed by atoms with E-state index in [1.165, 1.54) is 14.2 Å². The number of aliphatic hydroxyl groups is 4. The van der Waals surface area contributed by atoms with E-state index in [0.717, 1.165) is 5.56 Å². The number of amides is 4. The lowest BCUT2D eigenvalue weighted by Crippen LogP contribution is -2.60. The normalized spacial score (nSPS) is 19.8. The lowest BCUT2D eigenvalue weighted by Gasteiger charge is -2.41. The maximum Gasteiger partial charge on any atom is 0.326 e. The summed E-state index contributed by atoms with van der Waals surface area (Å²) < 4.78 is 11.9. The summed E-state index contributed by atoms with van der Waals surface area (Å²) in [5.74, 6) is -4.14. The van der Waals surface area contributed by atoms with Gasteiger partial charge in [0.2, 0.25) is 23.6 Å². The van der Waals surface area contributed by atoms with Crippen molar-refractivity contribution in [3.8, 4) is 0 Å². The molecular weight excluding hydrogens is 803 g/mol. The predicted octanol–water partition coefficient (Wildman–Crippen LogP) is 1.28. The Morgan fingerprint density at radius 3 is 2.03 bits per heavy atom. The van der Waals surface area contributed by atoms with Gasteiger partial charge < -0.3 is 55.4 Å². The maximum atomic E-state index is 14.5. The van der Waals surface area contributed by atoms with Crippen molar-refractivity contribution < 1.29 is 59.0 Å². The molecule has 1 aromatic rings. The summed E-state index contributed by atoms with van der Waals surface area (Å²) in [5, 5.41) is 54.9. The van der Waals surface area contributed by atoms with E-state index >= 15 is 0 Å². The quantitative estimate of drug-likeness (QED) is 0.0661. The van der Waals surface area contributed by atoms with Crippen LogP contribution in [0.15, 0.2) is 30.3 Å². The standard InChI is InChI=1S/C45H77N5O12/c1-12-28(6)39(49(9)44(58)37(26(2)3)47-43(57)38(27(4)5)48(8)22-20-33(52)40(55)34(53)25-51)35(61-10)24-36(54)50-21-16-19-32(50)41(62-11)29(7)42(56)46-31(45(59)60)23-30-17-14-13-15-18-30/h13-15,17-18,26-29,31-35,37-41,51-53,55H,12,16,19-25H2,1-11H3,(H,46,56)(H,47,57)(H,59,60)/t28-,29+,31-,32-,33-,34+,35+,37-,38-,39-,40-,41+/m0/s1. The summed E-state index contributed by atoms with van der Waals surface area (Å²) in [4.78, 5) is 73.4. The summed E-state index contributed by atoms with van der Waals surface area (Å²) in [7, 11) is 6.32. The molecule has 17 nitrogen and oxygen atoms in total. The Morgan fingerprint density at radius 1 is 0.887 bits per heavy atom. The van der Waals surface area contributed by atoms with Crippen LogP contribution in [0, 0.1) is 23.7 Å². The fourth-order valence-corrected chi connectivity index (χ4v) is 8.65. The number of hydrogen-bond acceptors (Lipinski definition) is 12. The minimum atomic E-state index is -1.56. The number of hydrogen-bond donors (Lipinski definition) is 7. The summed E-state index contributed by atoms with van der Waals surface area (Å²) >= 11 is 0. The average molecular weight is 880 g/mol. The van der Waals surface area contributed by atoms with Crippen LogP contribution in [-0.2, 0) is 39.9 Å². The van der Waals surface area contributed by atoms with Crippen molar-refractivity contribution in [2.45, 2.75) is 148 Å². The van der Waals surface area contributed by atoms with Gasteiger partial charge in [0, 0.05) is 40.8 Å². The highest BCUT2D eigenvalue weighted by atomic mass is 16.5. The number of benzene rings is 1. The van der Waals surface area contributed by atoms with Gasteiger partial charge in [-0.05, 0) is 49.6 Å². The zero-order chi connectivity index (χ0) is 47.0. The molecule has 4 amide bonds. The zero-order valence-electron chi connectivity index (χ0n) is 38.8. The molecule has 1 aromatic carbocycles. The molecule has 62 heavy (non-hydrogen) atoms. The van der Waals surface area contributed by atoms with Crippen molar-refractivity contribution in [3.63, 3.8) is 0 Å². The lowest BCUT2D eigenvalue weighted by molar-refractivity contribution is -0.148. The molecule has 2 rings (SSSR count). The van der Waals surface area contributed by atoms with E-state index in [0.29, 0.717) is 25.8 Å². The third-order valence-corrected chi connectivity index (χ3v) is 12.5. The molecule has 17 heteroatoms. The van der Waals surface area contributed by atoms with Crippen LogP contribution >= 0.6 is 0 Å². The Labute approximate surface area is 368 Å². The van der Waals surface area contributed by atoms with Gasteiger partial charge in [-0.2, -0.15) is 0 Å². The Hall–Kier alpha value is -3.71. The van der Waals surface area contributed by atoms with Crippen LogP contribution in [0.25, 0.3) is 0 Å². The first-order chi connectivity index (χ1) is 29.2. The number of likely N-dealkylation sites (tertiary alicyclic amines) is 1. The number of carbonyl (C=O) groups excluding carboxylic acids is 4. The predicted molar refractivity (Wildman–Crippen MR) is 234 cm³/mol. The number of aliphatic carboxylic acids is 1. The van der Waals surface area contributed by atoms with Crippen LogP contribution in [-0.4, -0.2) is 179 Å². The highest BCUT2D eigenvalue weighted by Crippen LogP contribution is 2.30. The topological polar surface area (TPSA) is 239 Å². The second-order valence-electron chi connectivity index (χ2n) is 17.7. The molecule has 1 fully saturated rings. The van der Waals surface area contributed by atoms with Crippen LogP contribution in [0.1, 0.15) is 86.1 Å². The smallest absolute Gasteiger partial charge is 0.326 e. The number of carbonyl (C=O) groups is 5. The van der Waals surface area contributed by atoms with Gasteiger partial charge >= 0.3 is 5.97 Å². The van der Waals surface area contributed by atoms with Crippen molar-refractivity contribution in [3.05, 3.63) is 35.9 Å². The molecule has 0 saturated carbocycles. The third kappa shape index (κ3) is 14.9. The SMILES string of the molecule is CC[C@H](C)[C@@H]([C@@H](CC(=O)N1CCC[C@H]1[C@H](OC)[C@@H](C)C(=O)N[C@@H](Cc1ccccc1)C(=O)O)OC)N(C)C(=O)[C@@H](NC(=O)[C@H](C(C)C)N(C)CC[C@H](O)[C@H](O)[C@H](O)CO)C(C)C. The number of aliphatic hydroxyl groups excluding tert-OH is 4. The molecule has 1 aliphatic heterocycles. The Morgan fingerprint density at radius 2 is 1.52 bits per heavy atom. The molecule has 0 aliphatic carbocycles. The Bertz CT molecular complexity index is 1550. The highest BCUT2D eigenvalue weighted by molar-refractivity contribution is 5.90. The Kier molecular flexibility index (Phi) is 23.0. The van der Waals surface area contributed by atoms with Crippen molar-refractivity contribution >= 4 is 29.6 Å². The molecule has 1 saturated heterocycles. The van der Waals surface area contributed by atoms with Gasteiger partial charge in [0.25, 0.3) is 0 Å². The van der Waals surface area contributed by atoms with E-state index in [-0.39, 0.29) is 55.4 Å². The number of carboxylic acid groups (broad SMARTS) is 1. The minimum absolute atomic E-state index is 0.00920. The summed E-state index contributed by atoms with van der Waals surface area (Å²) in [5.41, 5.74) is 0.762. The fraction of sp³-hybridized carbons (Fsp3) is 0.756. The van der Waals surface area contributed by atoms with Gasteiger partial charge in [-0.15, -0.1) is 0 Å². The van der Waals surface area contributed by atoms with Crippen LogP contribution in [0.3, 0.4) is 0 Å². The molecule has 0 spiro atoms. The number of ether oxygens (including phenoxy) is 2. The largest absolute Gasteiger partial charge is 0.480 e. The monoisotopic (exact) mass is 880 g/mol. The molecule has 1 heterocycles. The summed E-state index contributed by atoms with van der Waals surface area (Å²) in [6.45, 7) is 12.9. The van der Waals surface area contributed by atoms with Gasteiger partial charge in [0.05, 0.1) is 55.4 Å². The highest BCUT2D eigenvalue weighted by Gasteiger charge is 2.43. The molecule has 12 atom stereocenters. The van der Waals surface area contributed by atoms with Crippen LogP contribution in [0.5, 0.6) is 0 Å². The van der Waals surface area contributed by atoms with Crippen molar-refractivity contribution in [1.29, 1.82) is 0 Å². The van der Waals surface area contributed by atoms with E-state index in [1.54, 1.807) is 60.0 Å². The van der Waals surface area contributed by atoms with Crippen molar-refractivity contribution in [2.24, 2.45) is 23.7 Å². The van der Waals surface area contributed by atoms with Gasteiger partial charge in [-0.3, -0.25) is 24.1 Å². The number of likely N-dealkylation sites (N-methyl/N-ethyl adjacent to an activating group) is 2. The van der Waals surface area contributed by atoms with E-state index in [2.05, 4.69) is 10.6 Å². The number of methoxy groups -OCH3 is 2. The van der Waals surface area contributed by atoms with E-state index < -0.39 is 91.0 Å². The second kappa shape index (κ2) is 26.2. The van der Waals surface area contributed by atoms with Crippen LogP contribution in [0.4, 0.5) is 0 Å². The van der Waals surface area contributed by atoms with Gasteiger partial charge in [0.1, 0.15) is 24.3 Å². The minimum Gasteiger partial charge on any atom is -0.480 e. The molecule has 7 N–H and O–H groups in total. The lowest BCUT2D eigenvalue weighted by atomic mass is 9.89. The first-order valence-electron chi connectivity index (χ1n) is 22.0. The molecule has 0 radical (unpaired) electrons. The maximum absolute atomic E-state index is 14.5. The molecule has 0 unspecified atom stereocenters. The second-order valence-corrected chi connectivity index (χ2v) is 17.7. The van der Waals surface area contributed by atoms with Crippen LogP contribution < -0.4 is 10.6 Å². The van der Waals surface area contributed by atoms with E-state index in [4.69, 9.17) is 14.6 Å². The molecular formula is C45H77N5O12. The number of nitrogens with one attached hydrogen (secondary N) is 2. The van der Waals surface area contributed by atoms with Crippen molar-refractivity contribution in [2.75, 3.05) is 48.0 Å². The zero-order valence-corrected chi connectivity index (χ0v) is 38.8. The summed E-state index contributed by atoms with van der Waals surface area (Å²) in [6.07, 6.45) is -3.97. The first kappa shape index (κ1) is 54.4. The van der Waals surface area contributed by atoms with Gasteiger partial charge in [-0.1, -0.05) is 85.2 Å². The molecule has 0 aromatic heterocycles. The Balaban J connectivity index is 2.27. The molecule has 1 aliphatic rings. The number of carboxylic acids is 1. The molecule has 0 bridgehead atoms. The number of rotatable bonds is 27. The van der Waals surface area contributed by atoms with Gasteiger partial charge in [-0.25, -0.2) is 4.79 Å². The van der Waals surface area contributed by atoms with E-state index in [1.807, 2.05) is 47.6 Å².